The summed E-state index contributed by atoms with van der Waals surface area (Å²) in [4.78, 5) is 11.3. The van der Waals surface area contributed by atoms with Crippen LogP contribution in [0, 0.1) is 0 Å². The Labute approximate surface area is 103 Å². The highest BCUT2D eigenvalue weighted by molar-refractivity contribution is 5.67. The molecule has 1 saturated carbocycles. The molecule has 5 heteroatoms. The SMILES string of the molecule is CC(C)(C)OC(=O)NCCCNC1(CO)CC1. The van der Waals surface area contributed by atoms with Gasteiger partial charge in [-0.15, -0.1) is 0 Å². The average molecular weight is 244 g/mol. The van der Waals surface area contributed by atoms with E-state index in [1.807, 2.05) is 20.8 Å². The number of aliphatic hydroxyl groups excluding tert-OH is 1. The lowest BCUT2D eigenvalue weighted by atomic mass is 10.2. The molecular formula is C12H24N2O3. The van der Waals surface area contributed by atoms with E-state index in [1.54, 1.807) is 0 Å². The van der Waals surface area contributed by atoms with Gasteiger partial charge < -0.3 is 20.5 Å². The predicted octanol–water partition coefficient (Wildman–Crippen LogP) is 1.02. The molecule has 17 heavy (non-hydrogen) atoms. The molecule has 1 aliphatic carbocycles. The fraction of sp³-hybridized carbons (Fsp3) is 0.917. The van der Waals surface area contributed by atoms with Crippen LogP contribution in [0.4, 0.5) is 4.79 Å². The van der Waals surface area contributed by atoms with Gasteiger partial charge in [0.15, 0.2) is 0 Å². The highest BCUT2D eigenvalue weighted by Crippen LogP contribution is 2.34. The summed E-state index contributed by atoms with van der Waals surface area (Å²) in [6.45, 7) is 7.11. The topological polar surface area (TPSA) is 70.6 Å². The summed E-state index contributed by atoms with van der Waals surface area (Å²) in [6.07, 6.45) is 2.55. The van der Waals surface area contributed by atoms with Crippen molar-refractivity contribution in [2.45, 2.75) is 51.2 Å². The first-order valence-electron chi connectivity index (χ1n) is 6.20. The summed E-state index contributed by atoms with van der Waals surface area (Å²) in [6, 6.07) is 0. The molecule has 0 radical (unpaired) electrons. The maximum Gasteiger partial charge on any atom is 0.407 e. The zero-order chi connectivity index (χ0) is 12.9. The first kappa shape index (κ1) is 14.3. The Morgan fingerprint density at radius 3 is 2.47 bits per heavy atom. The lowest BCUT2D eigenvalue weighted by molar-refractivity contribution is 0.0527. The lowest BCUT2D eigenvalue weighted by Gasteiger charge is -2.20. The molecule has 1 amide bonds. The third-order valence-corrected chi connectivity index (χ3v) is 2.68. The van der Waals surface area contributed by atoms with Crippen LogP contribution >= 0.6 is 0 Å². The number of amides is 1. The number of nitrogens with one attached hydrogen (secondary N) is 2. The van der Waals surface area contributed by atoms with E-state index in [9.17, 15) is 4.79 Å². The maximum absolute atomic E-state index is 11.3. The van der Waals surface area contributed by atoms with Crippen molar-refractivity contribution in [3.05, 3.63) is 0 Å². The quantitative estimate of drug-likeness (QED) is 0.610. The van der Waals surface area contributed by atoms with Gasteiger partial charge in [0.25, 0.3) is 0 Å². The molecule has 3 N–H and O–H groups in total. The standard InChI is InChI=1S/C12H24N2O3/c1-11(2,3)17-10(16)13-7-4-8-14-12(9-15)5-6-12/h14-15H,4-9H2,1-3H3,(H,13,16). The second kappa shape index (κ2) is 5.69. The third-order valence-electron chi connectivity index (χ3n) is 2.68. The molecule has 0 heterocycles. The van der Waals surface area contributed by atoms with E-state index in [1.165, 1.54) is 0 Å². The van der Waals surface area contributed by atoms with E-state index in [4.69, 9.17) is 9.84 Å². The molecule has 0 unspecified atom stereocenters. The summed E-state index contributed by atoms with van der Waals surface area (Å²) in [5, 5.41) is 15.1. The molecule has 0 spiro atoms. The van der Waals surface area contributed by atoms with Crippen LogP contribution in [0.5, 0.6) is 0 Å². The molecule has 1 rings (SSSR count). The van der Waals surface area contributed by atoms with Crippen molar-refractivity contribution in [1.29, 1.82) is 0 Å². The molecule has 0 aromatic carbocycles. The minimum atomic E-state index is -0.447. The first-order chi connectivity index (χ1) is 7.87. The summed E-state index contributed by atoms with van der Waals surface area (Å²) in [7, 11) is 0. The average Bonchev–Trinajstić information content (AvgIpc) is 2.95. The van der Waals surface area contributed by atoms with Gasteiger partial charge in [0.2, 0.25) is 0 Å². The zero-order valence-corrected chi connectivity index (χ0v) is 11.0. The Balaban J connectivity index is 1.99. The largest absolute Gasteiger partial charge is 0.444 e. The van der Waals surface area contributed by atoms with Crippen LogP contribution in [0.1, 0.15) is 40.0 Å². The molecule has 1 aliphatic rings. The fourth-order valence-electron chi connectivity index (χ4n) is 1.49. The van der Waals surface area contributed by atoms with E-state index in [-0.39, 0.29) is 18.2 Å². The molecule has 0 aromatic heterocycles. The van der Waals surface area contributed by atoms with E-state index in [0.717, 1.165) is 25.8 Å². The molecule has 5 nitrogen and oxygen atoms in total. The number of carbonyl (C=O) groups is 1. The van der Waals surface area contributed by atoms with Gasteiger partial charge >= 0.3 is 6.09 Å². The summed E-state index contributed by atoms with van der Waals surface area (Å²) < 4.78 is 5.11. The van der Waals surface area contributed by atoms with Crippen LogP contribution in [-0.4, -0.2) is 42.0 Å². The van der Waals surface area contributed by atoms with Crippen molar-refractivity contribution >= 4 is 6.09 Å². The number of hydrogen-bond donors (Lipinski definition) is 3. The van der Waals surface area contributed by atoms with Gasteiger partial charge in [-0.05, 0) is 46.6 Å². The molecule has 1 fully saturated rings. The van der Waals surface area contributed by atoms with Gasteiger partial charge in [0.1, 0.15) is 5.60 Å². The smallest absolute Gasteiger partial charge is 0.407 e. The van der Waals surface area contributed by atoms with E-state index in [2.05, 4.69) is 10.6 Å². The summed E-state index contributed by atoms with van der Waals surface area (Å²) in [5.41, 5.74) is -0.469. The number of alkyl carbamates (subject to hydrolysis) is 1. The molecular weight excluding hydrogens is 220 g/mol. The van der Waals surface area contributed by atoms with E-state index >= 15 is 0 Å². The zero-order valence-electron chi connectivity index (χ0n) is 11.0. The highest BCUT2D eigenvalue weighted by atomic mass is 16.6. The van der Waals surface area contributed by atoms with Crippen molar-refractivity contribution in [3.63, 3.8) is 0 Å². The minimum Gasteiger partial charge on any atom is -0.444 e. The van der Waals surface area contributed by atoms with Crippen LogP contribution in [0.15, 0.2) is 0 Å². The van der Waals surface area contributed by atoms with Crippen molar-refractivity contribution in [2.75, 3.05) is 19.7 Å². The fourth-order valence-corrected chi connectivity index (χ4v) is 1.49. The highest BCUT2D eigenvalue weighted by Gasteiger charge is 2.40. The molecule has 0 aromatic rings. The second-order valence-corrected chi connectivity index (χ2v) is 5.65. The first-order valence-corrected chi connectivity index (χ1v) is 6.20. The van der Waals surface area contributed by atoms with Crippen LogP contribution in [0.2, 0.25) is 0 Å². The van der Waals surface area contributed by atoms with Gasteiger partial charge in [-0.25, -0.2) is 4.79 Å². The van der Waals surface area contributed by atoms with Crippen molar-refractivity contribution in [3.8, 4) is 0 Å². The molecule has 0 atom stereocenters. The number of ether oxygens (including phenoxy) is 1. The minimum absolute atomic E-state index is 0.0219. The van der Waals surface area contributed by atoms with Crippen molar-refractivity contribution < 1.29 is 14.6 Å². The Kier molecular flexibility index (Phi) is 4.77. The molecule has 0 bridgehead atoms. The van der Waals surface area contributed by atoms with Crippen LogP contribution in [-0.2, 0) is 4.74 Å². The second-order valence-electron chi connectivity index (χ2n) is 5.65. The molecule has 0 aliphatic heterocycles. The Morgan fingerprint density at radius 1 is 1.35 bits per heavy atom. The summed E-state index contributed by atoms with van der Waals surface area (Å²) in [5.74, 6) is 0. The summed E-state index contributed by atoms with van der Waals surface area (Å²) >= 11 is 0. The molecule has 0 saturated heterocycles. The van der Waals surface area contributed by atoms with Crippen molar-refractivity contribution in [1.82, 2.24) is 10.6 Å². The van der Waals surface area contributed by atoms with Gasteiger partial charge in [-0.3, -0.25) is 0 Å². The number of carbonyl (C=O) groups excluding carboxylic acids is 1. The van der Waals surface area contributed by atoms with Gasteiger partial charge in [0, 0.05) is 12.1 Å². The Morgan fingerprint density at radius 2 is 2.00 bits per heavy atom. The number of aliphatic hydroxyl groups is 1. The van der Waals surface area contributed by atoms with Gasteiger partial charge in [-0.1, -0.05) is 0 Å². The van der Waals surface area contributed by atoms with Gasteiger partial charge in [0.05, 0.1) is 6.61 Å². The van der Waals surface area contributed by atoms with Crippen LogP contribution < -0.4 is 10.6 Å². The lowest BCUT2D eigenvalue weighted by Crippen LogP contribution is -2.38. The van der Waals surface area contributed by atoms with E-state index in [0.29, 0.717) is 6.54 Å². The normalized spacial score (nSPS) is 17.6. The Bertz CT molecular complexity index is 257. The monoisotopic (exact) mass is 244 g/mol. The van der Waals surface area contributed by atoms with E-state index < -0.39 is 5.60 Å². The Hall–Kier alpha value is -0.810. The maximum atomic E-state index is 11.3. The van der Waals surface area contributed by atoms with Crippen LogP contribution in [0.3, 0.4) is 0 Å². The van der Waals surface area contributed by atoms with Crippen LogP contribution in [0.25, 0.3) is 0 Å². The van der Waals surface area contributed by atoms with Gasteiger partial charge in [-0.2, -0.15) is 0 Å². The third kappa shape index (κ3) is 5.89. The molecule has 100 valence electrons. The number of hydrogen-bond acceptors (Lipinski definition) is 4. The van der Waals surface area contributed by atoms with Crippen molar-refractivity contribution in [2.24, 2.45) is 0 Å². The predicted molar refractivity (Wildman–Crippen MR) is 65.9 cm³/mol. The number of rotatable bonds is 6.